The van der Waals surface area contributed by atoms with Crippen LogP contribution in [-0.4, -0.2) is 14.5 Å². The van der Waals surface area contributed by atoms with Crippen molar-refractivity contribution < 1.29 is 0 Å². The Morgan fingerprint density at radius 2 is 2.38 bits per heavy atom. The standard InChI is InChI=1S/C16H16ClN3S/c1-10-7-12-16(18-9-10)20(15(8-17)19-12)13-3-2-4-14-11(13)5-6-21-14/h5-7,9,13H,2-4,8H2,1H3. The molecule has 0 amide bonds. The number of pyridine rings is 1. The number of alkyl halides is 1. The fourth-order valence-electron chi connectivity index (χ4n) is 3.28. The van der Waals surface area contributed by atoms with Gasteiger partial charge in [-0.2, -0.15) is 0 Å². The lowest BCUT2D eigenvalue weighted by Crippen LogP contribution is -2.17. The molecule has 3 heterocycles. The maximum Gasteiger partial charge on any atom is 0.160 e. The van der Waals surface area contributed by atoms with E-state index in [0.717, 1.165) is 29.0 Å². The average Bonchev–Trinajstić information content (AvgIpc) is 3.09. The summed E-state index contributed by atoms with van der Waals surface area (Å²) in [4.78, 5) is 10.8. The van der Waals surface area contributed by atoms with Crippen LogP contribution in [0.4, 0.5) is 0 Å². The highest BCUT2D eigenvalue weighted by Gasteiger charge is 2.26. The fourth-order valence-corrected chi connectivity index (χ4v) is 4.45. The molecule has 21 heavy (non-hydrogen) atoms. The zero-order valence-corrected chi connectivity index (χ0v) is 13.4. The summed E-state index contributed by atoms with van der Waals surface area (Å²) in [6, 6.07) is 4.67. The van der Waals surface area contributed by atoms with E-state index in [9.17, 15) is 0 Å². The Labute approximate surface area is 132 Å². The Bertz CT molecular complexity index is 805. The van der Waals surface area contributed by atoms with Gasteiger partial charge in [-0.1, -0.05) is 0 Å². The molecule has 0 N–H and O–H groups in total. The number of nitrogens with zero attached hydrogens (tertiary/aromatic N) is 3. The second-order valence-electron chi connectivity index (χ2n) is 5.59. The van der Waals surface area contributed by atoms with Crippen molar-refractivity contribution in [3.63, 3.8) is 0 Å². The monoisotopic (exact) mass is 317 g/mol. The summed E-state index contributed by atoms with van der Waals surface area (Å²) < 4.78 is 2.26. The van der Waals surface area contributed by atoms with Crippen LogP contribution in [0.1, 0.15) is 40.7 Å². The maximum atomic E-state index is 6.16. The van der Waals surface area contributed by atoms with Gasteiger partial charge in [-0.3, -0.25) is 0 Å². The third kappa shape index (κ3) is 2.09. The molecule has 3 nitrogen and oxygen atoms in total. The molecule has 0 spiro atoms. The van der Waals surface area contributed by atoms with Gasteiger partial charge in [0.2, 0.25) is 0 Å². The lowest BCUT2D eigenvalue weighted by atomic mass is 9.93. The summed E-state index contributed by atoms with van der Waals surface area (Å²) in [5.41, 5.74) is 4.47. The summed E-state index contributed by atoms with van der Waals surface area (Å²) in [6.07, 6.45) is 5.45. The highest BCUT2D eigenvalue weighted by atomic mass is 35.5. The molecule has 108 valence electrons. The Kier molecular flexibility index (Phi) is 3.23. The van der Waals surface area contributed by atoms with Crippen LogP contribution < -0.4 is 0 Å². The summed E-state index contributed by atoms with van der Waals surface area (Å²) >= 11 is 8.02. The molecular formula is C16H16ClN3S. The van der Waals surface area contributed by atoms with E-state index in [-0.39, 0.29) is 0 Å². The molecule has 3 aromatic heterocycles. The van der Waals surface area contributed by atoms with E-state index in [1.807, 2.05) is 24.5 Å². The minimum absolute atomic E-state index is 0.328. The normalized spacial score (nSPS) is 18.1. The minimum atomic E-state index is 0.328. The van der Waals surface area contributed by atoms with Gasteiger partial charge < -0.3 is 4.57 Å². The van der Waals surface area contributed by atoms with Crippen molar-refractivity contribution in [3.05, 3.63) is 45.5 Å². The third-order valence-electron chi connectivity index (χ3n) is 4.19. The van der Waals surface area contributed by atoms with Gasteiger partial charge in [-0.05, 0) is 54.8 Å². The second-order valence-corrected chi connectivity index (χ2v) is 6.86. The molecule has 0 saturated heterocycles. The molecule has 0 saturated carbocycles. The molecule has 4 rings (SSSR count). The Morgan fingerprint density at radius 3 is 3.24 bits per heavy atom. The Morgan fingerprint density at radius 1 is 1.48 bits per heavy atom. The number of hydrogen-bond donors (Lipinski definition) is 0. The van der Waals surface area contributed by atoms with Crippen molar-refractivity contribution >= 4 is 34.1 Å². The van der Waals surface area contributed by atoms with Crippen molar-refractivity contribution in [2.75, 3.05) is 0 Å². The number of rotatable bonds is 2. The van der Waals surface area contributed by atoms with E-state index in [1.165, 1.54) is 23.3 Å². The number of aromatic nitrogens is 3. The van der Waals surface area contributed by atoms with E-state index >= 15 is 0 Å². The summed E-state index contributed by atoms with van der Waals surface area (Å²) in [5.74, 6) is 1.35. The number of thiophene rings is 1. The topological polar surface area (TPSA) is 30.7 Å². The first kappa shape index (κ1) is 13.3. The first-order valence-corrected chi connectivity index (χ1v) is 8.65. The Balaban J connectivity index is 1.95. The quantitative estimate of drug-likeness (QED) is 0.653. The lowest BCUT2D eigenvalue weighted by molar-refractivity contribution is 0.492. The van der Waals surface area contributed by atoms with Gasteiger partial charge in [0, 0.05) is 11.1 Å². The van der Waals surface area contributed by atoms with Crippen LogP contribution in [0.2, 0.25) is 0 Å². The number of imidazole rings is 1. The Hall–Kier alpha value is -1.39. The van der Waals surface area contributed by atoms with Gasteiger partial charge in [0.25, 0.3) is 0 Å². The van der Waals surface area contributed by atoms with Crippen molar-refractivity contribution in [1.29, 1.82) is 0 Å². The largest absolute Gasteiger partial charge is 0.304 e. The van der Waals surface area contributed by atoms with Gasteiger partial charge in [0.05, 0.1) is 11.9 Å². The predicted molar refractivity (Wildman–Crippen MR) is 87.2 cm³/mol. The molecule has 0 fully saturated rings. The van der Waals surface area contributed by atoms with Crippen molar-refractivity contribution in [1.82, 2.24) is 14.5 Å². The van der Waals surface area contributed by atoms with Crippen molar-refractivity contribution in [2.24, 2.45) is 0 Å². The second kappa shape index (κ2) is 5.11. The van der Waals surface area contributed by atoms with Crippen LogP contribution in [0.25, 0.3) is 11.2 Å². The molecule has 0 bridgehead atoms. The summed E-state index contributed by atoms with van der Waals surface area (Å²) in [7, 11) is 0. The number of fused-ring (bicyclic) bond motifs is 2. The van der Waals surface area contributed by atoms with Crippen LogP contribution in [0.5, 0.6) is 0 Å². The molecule has 5 heteroatoms. The number of halogens is 1. The van der Waals surface area contributed by atoms with E-state index < -0.39 is 0 Å². The molecule has 3 aromatic rings. The van der Waals surface area contributed by atoms with E-state index in [0.29, 0.717) is 11.9 Å². The van der Waals surface area contributed by atoms with Crippen LogP contribution >= 0.6 is 22.9 Å². The fraction of sp³-hybridized carbons (Fsp3) is 0.375. The van der Waals surface area contributed by atoms with Gasteiger partial charge in [0.1, 0.15) is 11.3 Å². The van der Waals surface area contributed by atoms with Gasteiger partial charge in [-0.25, -0.2) is 9.97 Å². The molecule has 0 aromatic carbocycles. The summed E-state index contributed by atoms with van der Waals surface area (Å²) in [5, 5.41) is 2.19. The maximum absolute atomic E-state index is 6.16. The molecule has 1 atom stereocenters. The van der Waals surface area contributed by atoms with Crippen LogP contribution in [0.15, 0.2) is 23.7 Å². The van der Waals surface area contributed by atoms with Crippen molar-refractivity contribution in [3.8, 4) is 0 Å². The van der Waals surface area contributed by atoms with Gasteiger partial charge in [-0.15, -0.1) is 22.9 Å². The van der Waals surface area contributed by atoms with Crippen molar-refractivity contribution in [2.45, 2.75) is 38.1 Å². The number of aryl methyl sites for hydroxylation is 2. The first-order chi connectivity index (χ1) is 10.3. The molecule has 0 radical (unpaired) electrons. The highest BCUT2D eigenvalue weighted by molar-refractivity contribution is 7.10. The average molecular weight is 318 g/mol. The minimum Gasteiger partial charge on any atom is -0.304 e. The van der Waals surface area contributed by atoms with E-state index in [1.54, 1.807) is 0 Å². The number of hydrogen-bond acceptors (Lipinski definition) is 3. The molecule has 0 aliphatic heterocycles. The molecular weight excluding hydrogens is 302 g/mol. The molecule has 1 aliphatic rings. The highest BCUT2D eigenvalue weighted by Crippen LogP contribution is 2.38. The van der Waals surface area contributed by atoms with Crippen LogP contribution in [0, 0.1) is 6.92 Å². The van der Waals surface area contributed by atoms with Crippen LogP contribution in [-0.2, 0) is 12.3 Å². The first-order valence-electron chi connectivity index (χ1n) is 7.23. The predicted octanol–water partition coefficient (Wildman–Crippen LogP) is 4.47. The van der Waals surface area contributed by atoms with E-state index in [4.69, 9.17) is 16.6 Å². The molecule has 1 aliphatic carbocycles. The van der Waals surface area contributed by atoms with Crippen LogP contribution in [0.3, 0.4) is 0 Å². The van der Waals surface area contributed by atoms with Gasteiger partial charge >= 0.3 is 0 Å². The summed E-state index contributed by atoms with van der Waals surface area (Å²) in [6.45, 7) is 2.05. The zero-order valence-electron chi connectivity index (χ0n) is 11.8. The van der Waals surface area contributed by atoms with E-state index in [2.05, 4.69) is 27.1 Å². The smallest absolute Gasteiger partial charge is 0.160 e. The third-order valence-corrected chi connectivity index (χ3v) is 5.43. The lowest BCUT2D eigenvalue weighted by Gasteiger charge is -2.25. The SMILES string of the molecule is Cc1cnc2c(c1)nc(CCl)n2C1CCCc2sccc21. The molecule has 1 unspecified atom stereocenters. The zero-order chi connectivity index (χ0) is 14.4. The van der Waals surface area contributed by atoms with Gasteiger partial charge in [0.15, 0.2) is 5.65 Å².